The highest BCUT2D eigenvalue weighted by Crippen LogP contribution is 2.39. The third kappa shape index (κ3) is 4.08. The van der Waals surface area contributed by atoms with Crippen LogP contribution in [0.1, 0.15) is 31.4 Å². The van der Waals surface area contributed by atoms with Crippen molar-refractivity contribution in [2.24, 2.45) is 0 Å². The van der Waals surface area contributed by atoms with Crippen LogP contribution >= 0.6 is 0 Å². The van der Waals surface area contributed by atoms with E-state index in [1.54, 1.807) is 6.07 Å². The van der Waals surface area contributed by atoms with E-state index < -0.39 is 11.6 Å². The Labute approximate surface area is 191 Å². The van der Waals surface area contributed by atoms with Gasteiger partial charge in [-0.2, -0.15) is 0 Å². The Hall–Kier alpha value is -3.33. The van der Waals surface area contributed by atoms with Gasteiger partial charge >= 0.3 is 0 Å². The number of fused-ring (bicyclic) bond motifs is 2. The highest BCUT2D eigenvalue weighted by molar-refractivity contribution is 5.73. The molecule has 0 saturated carbocycles. The molecule has 172 valence electrons. The molecule has 0 bridgehead atoms. The minimum atomic E-state index is -0.629. The van der Waals surface area contributed by atoms with Gasteiger partial charge in [-0.25, -0.2) is 23.7 Å². The van der Waals surface area contributed by atoms with Crippen LogP contribution in [0.15, 0.2) is 30.6 Å². The molecule has 0 fully saturated rings. The lowest BCUT2D eigenvalue weighted by Crippen LogP contribution is -2.39. The fraction of sp³-hybridized carbons (Fsp3) is 0.375. The summed E-state index contributed by atoms with van der Waals surface area (Å²) in [6.07, 6.45) is 3.81. The topological polar surface area (TPSA) is 66.4 Å². The largest absolute Gasteiger partial charge is 0.486 e. The van der Waals surface area contributed by atoms with Gasteiger partial charge in [0.15, 0.2) is 17.4 Å². The van der Waals surface area contributed by atoms with Gasteiger partial charge in [0.05, 0.1) is 18.4 Å². The lowest BCUT2D eigenvalue weighted by atomic mass is 10.1. The summed E-state index contributed by atoms with van der Waals surface area (Å²) in [5.41, 5.74) is 3.32. The predicted octanol–water partition coefficient (Wildman–Crippen LogP) is 4.50. The second-order valence-corrected chi connectivity index (χ2v) is 8.63. The average Bonchev–Trinajstić information content (AvgIpc) is 3.18. The average molecular weight is 453 g/mol. The SMILES string of the molecule is CCC(C)N1CCOc2c(F)cc(-c3nc(Nc4cc5c(cn4)CN(C)C5)ncc3F)cc21. The lowest BCUT2D eigenvalue weighted by Gasteiger charge is -2.36. The Bertz CT molecular complexity index is 1200. The van der Waals surface area contributed by atoms with E-state index in [2.05, 4.69) is 43.9 Å². The molecule has 0 aliphatic carbocycles. The molecule has 5 rings (SSSR count). The smallest absolute Gasteiger partial charge is 0.229 e. The molecule has 0 amide bonds. The van der Waals surface area contributed by atoms with E-state index in [1.165, 1.54) is 17.2 Å². The molecule has 0 radical (unpaired) electrons. The normalized spacial score (nSPS) is 16.2. The van der Waals surface area contributed by atoms with Gasteiger partial charge in [0.2, 0.25) is 5.95 Å². The molecule has 4 heterocycles. The van der Waals surface area contributed by atoms with Crippen molar-refractivity contribution in [3.63, 3.8) is 0 Å². The molecule has 33 heavy (non-hydrogen) atoms. The van der Waals surface area contributed by atoms with Crippen LogP contribution in [-0.2, 0) is 13.1 Å². The quantitative estimate of drug-likeness (QED) is 0.611. The van der Waals surface area contributed by atoms with Crippen molar-refractivity contribution < 1.29 is 13.5 Å². The molecule has 2 aliphatic rings. The molecule has 0 spiro atoms. The van der Waals surface area contributed by atoms with Crippen molar-refractivity contribution in [1.82, 2.24) is 19.9 Å². The molecule has 0 saturated heterocycles. The first-order valence-electron chi connectivity index (χ1n) is 11.1. The first kappa shape index (κ1) is 21.5. The maximum Gasteiger partial charge on any atom is 0.229 e. The molecule has 3 aromatic rings. The lowest BCUT2D eigenvalue weighted by molar-refractivity contribution is 0.285. The number of ether oxygens (including phenoxy) is 1. The Morgan fingerprint density at radius 2 is 1.91 bits per heavy atom. The van der Waals surface area contributed by atoms with Gasteiger partial charge < -0.3 is 15.0 Å². The summed E-state index contributed by atoms with van der Waals surface area (Å²) in [6, 6.07) is 5.14. The van der Waals surface area contributed by atoms with Gasteiger partial charge in [-0.05, 0) is 49.7 Å². The summed E-state index contributed by atoms with van der Waals surface area (Å²) in [7, 11) is 2.05. The van der Waals surface area contributed by atoms with Crippen LogP contribution in [0.5, 0.6) is 5.75 Å². The van der Waals surface area contributed by atoms with Gasteiger partial charge in [0, 0.05) is 30.9 Å². The number of nitrogens with zero attached hydrogens (tertiary/aromatic N) is 5. The van der Waals surface area contributed by atoms with Gasteiger partial charge in [0.1, 0.15) is 18.1 Å². The van der Waals surface area contributed by atoms with Crippen LogP contribution in [0.2, 0.25) is 0 Å². The molecule has 7 nitrogen and oxygen atoms in total. The fourth-order valence-electron chi connectivity index (χ4n) is 4.38. The summed E-state index contributed by atoms with van der Waals surface area (Å²) in [6.45, 7) is 6.91. The van der Waals surface area contributed by atoms with E-state index >= 15 is 0 Å². The number of pyridine rings is 1. The first-order valence-corrected chi connectivity index (χ1v) is 11.1. The zero-order chi connectivity index (χ0) is 23.1. The zero-order valence-corrected chi connectivity index (χ0v) is 18.9. The van der Waals surface area contributed by atoms with Crippen molar-refractivity contribution in [1.29, 1.82) is 0 Å². The second-order valence-electron chi connectivity index (χ2n) is 8.63. The van der Waals surface area contributed by atoms with E-state index in [-0.39, 0.29) is 23.4 Å². The predicted molar refractivity (Wildman–Crippen MR) is 123 cm³/mol. The van der Waals surface area contributed by atoms with Crippen LogP contribution in [0.4, 0.5) is 26.2 Å². The molecule has 1 aromatic carbocycles. The van der Waals surface area contributed by atoms with E-state index in [4.69, 9.17) is 4.74 Å². The summed E-state index contributed by atoms with van der Waals surface area (Å²) in [5, 5.41) is 3.05. The minimum absolute atomic E-state index is 0.0183. The van der Waals surface area contributed by atoms with Crippen LogP contribution < -0.4 is 15.0 Å². The van der Waals surface area contributed by atoms with Crippen molar-refractivity contribution in [3.05, 3.63) is 53.4 Å². The standard InChI is InChI=1S/C24H26F2N6O/c1-4-14(2)32-5-6-33-23-18(25)7-15(8-20(23)32)22-19(26)11-28-24(30-22)29-21-9-16-12-31(3)13-17(16)10-27-21/h7-11,14H,4-6,12-13H2,1-3H3,(H,27,28,29,30). The second kappa shape index (κ2) is 8.55. The van der Waals surface area contributed by atoms with Gasteiger partial charge in [-0.3, -0.25) is 4.90 Å². The highest BCUT2D eigenvalue weighted by atomic mass is 19.1. The molecule has 2 aliphatic heterocycles. The number of anilines is 3. The Balaban J connectivity index is 1.49. The van der Waals surface area contributed by atoms with Crippen LogP contribution in [0.3, 0.4) is 0 Å². The third-order valence-electron chi connectivity index (χ3n) is 6.26. The summed E-state index contributed by atoms with van der Waals surface area (Å²) >= 11 is 0. The first-order chi connectivity index (χ1) is 15.9. The van der Waals surface area contributed by atoms with Gasteiger partial charge in [-0.15, -0.1) is 0 Å². The van der Waals surface area contributed by atoms with E-state index in [0.717, 1.165) is 25.7 Å². The molecular formula is C24H26F2N6O. The molecule has 2 aromatic heterocycles. The van der Waals surface area contributed by atoms with Gasteiger partial charge in [-0.1, -0.05) is 6.92 Å². The number of hydrogen-bond donors (Lipinski definition) is 1. The Morgan fingerprint density at radius 1 is 1.09 bits per heavy atom. The minimum Gasteiger partial charge on any atom is -0.486 e. The number of rotatable bonds is 5. The summed E-state index contributed by atoms with van der Waals surface area (Å²) in [4.78, 5) is 17.1. The highest BCUT2D eigenvalue weighted by Gasteiger charge is 2.26. The maximum atomic E-state index is 14.9. The van der Waals surface area contributed by atoms with E-state index in [1.807, 2.05) is 19.3 Å². The zero-order valence-electron chi connectivity index (χ0n) is 18.9. The number of benzene rings is 1. The van der Waals surface area contributed by atoms with Crippen molar-refractivity contribution in [3.8, 4) is 17.0 Å². The molecule has 1 N–H and O–H groups in total. The number of hydrogen-bond acceptors (Lipinski definition) is 7. The number of halogens is 2. The Morgan fingerprint density at radius 3 is 2.73 bits per heavy atom. The van der Waals surface area contributed by atoms with Crippen molar-refractivity contribution >= 4 is 17.5 Å². The summed E-state index contributed by atoms with van der Waals surface area (Å²) < 4.78 is 35.3. The van der Waals surface area contributed by atoms with Crippen LogP contribution in [0, 0.1) is 11.6 Å². The molecule has 1 unspecified atom stereocenters. The molecule has 1 atom stereocenters. The maximum absolute atomic E-state index is 14.9. The van der Waals surface area contributed by atoms with Crippen molar-refractivity contribution in [2.45, 2.75) is 39.4 Å². The van der Waals surface area contributed by atoms with Crippen molar-refractivity contribution in [2.75, 3.05) is 30.4 Å². The van der Waals surface area contributed by atoms with Crippen LogP contribution in [0.25, 0.3) is 11.3 Å². The fourth-order valence-corrected chi connectivity index (χ4v) is 4.38. The van der Waals surface area contributed by atoms with Crippen LogP contribution in [-0.4, -0.2) is 46.1 Å². The van der Waals surface area contributed by atoms with E-state index in [0.29, 0.717) is 30.2 Å². The summed E-state index contributed by atoms with van der Waals surface area (Å²) in [5.74, 6) is -0.193. The Kier molecular flexibility index (Phi) is 5.57. The number of nitrogens with one attached hydrogen (secondary N) is 1. The third-order valence-corrected chi connectivity index (χ3v) is 6.26. The molecule has 9 heteroatoms. The van der Waals surface area contributed by atoms with Gasteiger partial charge in [0.25, 0.3) is 0 Å². The van der Waals surface area contributed by atoms with E-state index in [9.17, 15) is 8.78 Å². The molecular weight excluding hydrogens is 426 g/mol. The number of aromatic nitrogens is 3. The monoisotopic (exact) mass is 452 g/mol.